The largest absolute Gasteiger partial charge is 0.377 e. The van der Waals surface area contributed by atoms with Crippen molar-refractivity contribution in [1.82, 2.24) is 5.32 Å². The molecule has 1 N–H and O–H groups in total. The lowest BCUT2D eigenvalue weighted by Gasteiger charge is -2.09. The van der Waals surface area contributed by atoms with Crippen molar-refractivity contribution in [3.63, 3.8) is 0 Å². The Morgan fingerprint density at radius 1 is 1.40 bits per heavy atom. The molecule has 0 aromatic carbocycles. The molecule has 0 radical (unpaired) electrons. The Morgan fingerprint density at radius 2 is 2.15 bits per heavy atom. The van der Waals surface area contributed by atoms with E-state index in [-0.39, 0.29) is 12.0 Å². The SMILES string of the molecule is C=CCNC(=O)CCOC/C(C)=C\CCC(C=C)OC. The predicted octanol–water partition coefficient (Wildman–Crippen LogP) is 2.62. The summed E-state index contributed by atoms with van der Waals surface area (Å²) in [5.41, 5.74) is 1.16. The van der Waals surface area contributed by atoms with E-state index in [2.05, 4.69) is 24.6 Å². The van der Waals surface area contributed by atoms with Gasteiger partial charge in [-0.05, 0) is 19.8 Å². The Morgan fingerprint density at radius 3 is 2.75 bits per heavy atom. The van der Waals surface area contributed by atoms with Crippen molar-refractivity contribution in [3.05, 3.63) is 37.0 Å². The van der Waals surface area contributed by atoms with Crippen LogP contribution in [0.1, 0.15) is 26.2 Å². The monoisotopic (exact) mass is 281 g/mol. The molecule has 0 aliphatic rings. The van der Waals surface area contributed by atoms with Crippen molar-refractivity contribution in [1.29, 1.82) is 0 Å². The van der Waals surface area contributed by atoms with Crippen molar-refractivity contribution >= 4 is 5.91 Å². The van der Waals surface area contributed by atoms with E-state index in [1.807, 2.05) is 13.0 Å². The number of methoxy groups -OCH3 is 1. The highest BCUT2D eigenvalue weighted by Gasteiger charge is 2.01. The number of carbonyl (C=O) groups is 1. The van der Waals surface area contributed by atoms with Gasteiger partial charge in [0, 0.05) is 20.1 Å². The maximum atomic E-state index is 11.3. The van der Waals surface area contributed by atoms with Crippen molar-refractivity contribution in [2.45, 2.75) is 32.3 Å². The summed E-state index contributed by atoms with van der Waals surface area (Å²) in [6, 6.07) is 0. The molecule has 0 rings (SSSR count). The van der Waals surface area contributed by atoms with Gasteiger partial charge in [0.25, 0.3) is 0 Å². The highest BCUT2D eigenvalue weighted by atomic mass is 16.5. The van der Waals surface area contributed by atoms with E-state index in [0.29, 0.717) is 26.2 Å². The van der Waals surface area contributed by atoms with Crippen molar-refractivity contribution in [2.75, 3.05) is 26.9 Å². The summed E-state index contributed by atoms with van der Waals surface area (Å²) in [6.45, 7) is 10.8. The molecule has 1 unspecified atom stereocenters. The number of ether oxygens (including phenoxy) is 2. The maximum absolute atomic E-state index is 11.3. The first-order valence-electron chi connectivity index (χ1n) is 6.90. The van der Waals surface area contributed by atoms with Crippen molar-refractivity contribution in [2.24, 2.45) is 0 Å². The lowest BCUT2D eigenvalue weighted by Crippen LogP contribution is -2.24. The number of allylic oxidation sites excluding steroid dienone is 1. The second-order valence-corrected chi connectivity index (χ2v) is 4.53. The second kappa shape index (κ2) is 12.6. The number of amides is 1. The van der Waals surface area contributed by atoms with Gasteiger partial charge in [-0.15, -0.1) is 13.2 Å². The topological polar surface area (TPSA) is 47.6 Å². The molecule has 0 spiro atoms. The maximum Gasteiger partial charge on any atom is 0.222 e. The van der Waals surface area contributed by atoms with Crippen LogP contribution in [0.2, 0.25) is 0 Å². The van der Waals surface area contributed by atoms with Gasteiger partial charge < -0.3 is 14.8 Å². The van der Waals surface area contributed by atoms with E-state index in [9.17, 15) is 4.79 Å². The summed E-state index contributed by atoms with van der Waals surface area (Å²) in [7, 11) is 1.68. The summed E-state index contributed by atoms with van der Waals surface area (Å²) < 4.78 is 10.7. The Labute approximate surface area is 122 Å². The van der Waals surface area contributed by atoms with Gasteiger partial charge in [0.2, 0.25) is 5.91 Å². The summed E-state index contributed by atoms with van der Waals surface area (Å²) in [5, 5.41) is 2.71. The van der Waals surface area contributed by atoms with Crippen molar-refractivity contribution < 1.29 is 14.3 Å². The fraction of sp³-hybridized carbons (Fsp3) is 0.562. The molecule has 1 amide bonds. The molecule has 0 saturated carbocycles. The predicted molar refractivity (Wildman–Crippen MR) is 82.6 cm³/mol. The molecule has 4 nitrogen and oxygen atoms in total. The Kier molecular flexibility index (Phi) is 11.8. The van der Waals surface area contributed by atoms with Gasteiger partial charge in [-0.25, -0.2) is 0 Å². The third-order valence-electron chi connectivity index (χ3n) is 2.76. The first-order chi connectivity index (χ1) is 9.63. The second-order valence-electron chi connectivity index (χ2n) is 4.53. The molecule has 114 valence electrons. The lowest BCUT2D eigenvalue weighted by atomic mass is 10.1. The zero-order valence-electron chi connectivity index (χ0n) is 12.7. The molecule has 0 bridgehead atoms. The molecule has 4 heteroatoms. The Balaban J connectivity index is 3.66. The Bertz CT molecular complexity index is 324. The molecular weight excluding hydrogens is 254 g/mol. The van der Waals surface area contributed by atoms with Gasteiger partial charge in [0.05, 0.1) is 19.3 Å². The quantitative estimate of drug-likeness (QED) is 0.442. The van der Waals surface area contributed by atoms with E-state index < -0.39 is 0 Å². The van der Waals surface area contributed by atoms with E-state index in [1.54, 1.807) is 13.2 Å². The van der Waals surface area contributed by atoms with E-state index >= 15 is 0 Å². The highest BCUT2D eigenvalue weighted by Crippen LogP contribution is 2.05. The molecule has 1 atom stereocenters. The number of nitrogens with one attached hydrogen (secondary N) is 1. The van der Waals surface area contributed by atoms with E-state index in [1.165, 1.54) is 0 Å². The van der Waals surface area contributed by atoms with Gasteiger partial charge >= 0.3 is 0 Å². The fourth-order valence-electron chi connectivity index (χ4n) is 1.56. The standard InChI is InChI=1S/C16H27NO3/c1-5-11-17-16(18)10-12-20-13-14(3)8-7-9-15(6-2)19-4/h5-6,8,15H,1-2,7,9-13H2,3-4H3,(H,17,18)/b14-8-. The van der Waals surface area contributed by atoms with Crippen LogP contribution >= 0.6 is 0 Å². The minimum atomic E-state index is -0.0135. The summed E-state index contributed by atoms with van der Waals surface area (Å²) in [6.07, 6.45) is 7.93. The van der Waals surface area contributed by atoms with Crippen LogP contribution in [0.3, 0.4) is 0 Å². The molecule has 0 aromatic rings. The van der Waals surface area contributed by atoms with E-state index in [0.717, 1.165) is 18.4 Å². The van der Waals surface area contributed by atoms with Crippen LogP contribution in [-0.2, 0) is 14.3 Å². The van der Waals surface area contributed by atoms with Gasteiger partial charge in [-0.3, -0.25) is 4.79 Å². The van der Waals surface area contributed by atoms with Gasteiger partial charge in [0.1, 0.15) is 0 Å². The van der Waals surface area contributed by atoms with Crippen LogP contribution in [-0.4, -0.2) is 38.9 Å². The normalized spacial score (nSPS) is 12.8. The molecule has 0 saturated heterocycles. The average molecular weight is 281 g/mol. The summed E-state index contributed by atoms with van der Waals surface area (Å²) in [4.78, 5) is 11.3. The van der Waals surface area contributed by atoms with Crippen molar-refractivity contribution in [3.8, 4) is 0 Å². The highest BCUT2D eigenvalue weighted by molar-refractivity contribution is 5.76. The fourth-order valence-corrected chi connectivity index (χ4v) is 1.56. The first-order valence-corrected chi connectivity index (χ1v) is 6.90. The van der Waals surface area contributed by atoms with Gasteiger partial charge in [-0.1, -0.05) is 23.8 Å². The smallest absolute Gasteiger partial charge is 0.222 e. The molecule has 20 heavy (non-hydrogen) atoms. The third kappa shape index (κ3) is 10.5. The van der Waals surface area contributed by atoms with Gasteiger partial charge in [-0.2, -0.15) is 0 Å². The first kappa shape index (κ1) is 18.6. The van der Waals surface area contributed by atoms with Crippen LogP contribution in [0.4, 0.5) is 0 Å². The lowest BCUT2D eigenvalue weighted by molar-refractivity contribution is -0.121. The zero-order chi connectivity index (χ0) is 15.2. The summed E-state index contributed by atoms with van der Waals surface area (Å²) >= 11 is 0. The summed E-state index contributed by atoms with van der Waals surface area (Å²) in [5.74, 6) is -0.0135. The zero-order valence-corrected chi connectivity index (χ0v) is 12.7. The third-order valence-corrected chi connectivity index (χ3v) is 2.76. The molecule has 0 aliphatic carbocycles. The number of carbonyl (C=O) groups excluding carboxylic acids is 1. The minimum Gasteiger partial charge on any atom is -0.377 e. The van der Waals surface area contributed by atoms with E-state index in [4.69, 9.17) is 9.47 Å². The Hall–Kier alpha value is -1.39. The van der Waals surface area contributed by atoms with Gasteiger partial charge in [0.15, 0.2) is 0 Å². The number of hydrogen-bond donors (Lipinski definition) is 1. The molecule has 0 aliphatic heterocycles. The molecule has 0 heterocycles. The molecule has 0 fully saturated rings. The van der Waals surface area contributed by atoms with Crippen LogP contribution in [0, 0.1) is 0 Å². The van der Waals surface area contributed by atoms with Crippen LogP contribution in [0.5, 0.6) is 0 Å². The number of hydrogen-bond acceptors (Lipinski definition) is 3. The number of rotatable bonds is 12. The average Bonchev–Trinajstić information content (AvgIpc) is 2.46. The van der Waals surface area contributed by atoms with Crippen LogP contribution in [0.25, 0.3) is 0 Å². The van der Waals surface area contributed by atoms with Crippen LogP contribution < -0.4 is 5.32 Å². The molecule has 0 aromatic heterocycles. The molecular formula is C16H27NO3. The minimum absolute atomic E-state index is 0.0135. The van der Waals surface area contributed by atoms with Crippen LogP contribution in [0.15, 0.2) is 37.0 Å².